The molecule has 0 saturated heterocycles. The highest BCUT2D eigenvalue weighted by Crippen LogP contribution is 2.07. The van der Waals surface area contributed by atoms with Gasteiger partial charge in [0.05, 0.1) is 6.20 Å². The Morgan fingerprint density at radius 2 is 2.13 bits per heavy atom. The molecule has 0 spiro atoms. The smallest absolute Gasteiger partial charge is 0.0534 e. The number of nitrogens with zero attached hydrogens (tertiary/aromatic N) is 2. The zero-order valence-corrected chi connectivity index (χ0v) is 10.3. The van der Waals surface area contributed by atoms with Crippen LogP contribution in [0.25, 0.3) is 0 Å². The van der Waals surface area contributed by atoms with Crippen LogP contribution in [-0.4, -0.2) is 15.8 Å². The Labute approximate surface area is 92.9 Å². The highest BCUT2D eigenvalue weighted by Gasteiger charge is 2.09. The molecule has 15 heavy (non-hydrogen) atoms. The average molecular weight is 209 g/mol. The van der Waals surface area contributed by atoms with Crippen LogP contribution in [0.15, 0.2) is 12.4 Å². The standard InChI is InChI=1S/C12H23N3/c1-5-10(3)11(4)13-7-12-8-14-15(6-2)9-12/h8-11,13H,5-7H2,1-4H3. The highest BCUT2D eigenvalue weighted by atomic mass is 15.3. The number of nitrogens with one attached hydrogen (secondary N) is 1. The fourth-order valence-electron chi connectivity index (χ4n) is 1.50. The summed E-state index contributed by atoms with van der Waals surface area (Å²) in [5.74, 6) is 0.728. The van der Waals surface area contributed by atoms with Crippen LogP contribution in [-0.2, 0) is 13.1 Å². The molecule has 1 N–H and O–H groups in total. The molecule has 0 aliphatic carbocycles. The third-order valence-corrected chi connectivity index (χ3v) is 3.14. The lowest BCUT2D eigenvalue weighted by atomic mass is 10.0. The Kier molecular flexibility index (Phi) is 4.82. The van der Waals surface area contributed by atoms with Crippen molar-refractivity contribution in [3.63, 3.8) is 0 Å². The van der Waals surface area contributed by atoms with Crippen molar-refractivity contribution in [2.75, 3.05) is 0 Å². The van der Waals surface area contributed by atoms with Gasteiger partial charge in [-0.3, -0.25) is 4.68 Å². The monoisotopic (exact) mass is 209 g/mol. The van der Waals surface area contributed by atoms with Gasteiger partial charge in [0.2, 0.25) is 0 Å². The van der Waals surface area contributed by atoms with Crippen LogP contribution in [0.2, 0.25) is 0 Å². The third kappa shape index (κ3) is 3.67. The Hall–Kier alpha value is -0.830. The Morgan fingerprint density at radius 3 is 2.67 bits per heavy atom. The highest BCUT2D eigenvalue weighted by molar-refractivity contribution is 5.03. The van der Waals surface area contributed by atoms with E-state index in [0.717, 1.165) is 19.0 Å². The summed E-state index contributed by atoms with van der Waals surface area (Å²) >= 11 is 0. The van der Waals surface area contributed by atoms with Crippen molar-refractivity contribution >= 4 is 0 Å². The minimum absolute atomic E-state index is 0.569. The molecule has 0 amide bonds. The fourth-order valence-corrected chi connectivity index (χ4v) is 1.50. The molecule has 1 heterocycles. The number of hydrogen-bond donors (Lipinski definition) is 1. The van der Waals surface area contributed by atoms with Crippen molar-refractivity contribution in [3.05, 3.63) is 18.0 Å². The predicted octanol–water partition coefficient (Wildman–Crippen LogP) is 2.43. The van der Waals surface area contributed by atoms with Gasteiger partial charge in [-0.2, -0.15) is 5.10 Å². The van der Waals surface area contributed by atoms with E-state index >= 15 is 0 Å². The molecule has 1 aromatic heterocycles. The second kappa shape index (κ2) is 5.91. The maximum atomic E-state index is 4.25. The van der Waals surface area contributed by atoms with Crippen molar-refractivity contribution < 1.29 is 0 Å². The number of aromatic nitrogens is 2. The Bertz CT molecular complexity index is 280. The summed E-state index contributed by atoms with van der Waals surface area (Å²) in [7, 11) is 0. The van der Waals surface area contributed by atoms with Crippen molar-refractivity contribution in [3.8, 4) is 0 Å². The summed E-state index contributed by atoms with van der Waals surface area (Å²) < 4.78 is 1.96. The van der Waals surface area contributed by atoms with Crippen LogP contribution < -0.4 is 5.32 Å². The minimum Gasteiger partial charge on any atom is -0.310 e. The van der Waals surface area contributed by atoms with Crippen LogP contribution in [0.1, 0.15) is 39.7 Å². The summed E-state index contributed by atoms with van der Waals surface area (Å²) in [6, 6.07) is 0.569. The summed E-state index contributed by atoms with van der Waals surface area (Å²) in [5.41, 5.74) is 1.27. The number of hydrogen-bond acceptors (Lipinski definition) is 2. The van der Waals surface area contributed by atoms with Gasteiger partial charge in [-0.15, -0.1) is 0 Å². The van der Waals surface area contributed by atoms with E-state index in [1.54, 1.807) is 0 Å². The lowest BCUT2D eigenvalue weighted by Gasteiger charge is -2.19. The summed E-state index contributed by atoms with van der Waals surface area (Å²) in [6.07, 6.45) is 5.28. The normalized spacial score (nSPS) is 15.2. The van der Waals surface area contributed by atoms with Gasteiger partial charge in [-0.1, -0.05) is 20.3 Å². The van der Waals surface area contributed by atoms with Crippen molar-refractivity contribution in [2.45, 2.75) is 53.2 Å². The van der Waals surface area contributed by atoms with Gasteiger partial charge in [0.25, 0.3) is 0 Å². The van der Waals surface area contributed by atoms with E-state index in [2.05, 4.69) is 44.3 Å². The van der Waals surface area contributed by atoms with E-state index in [1.807, 2.05) is 10.9 Å². The minimum atomic E-state index is 0.569. The Balaban J connectivity index is 2.36. The predicted molar refractivity (Wildman–Crippen MR) is 63.7 cm³/mol. The first-order valence-electron chi connectivity index (χ1n) is 5.92. The zero-order chi connectivity index (χ0) is 11.3. The molecule has 1 rings (SSSR count). The van der Waals surface area contributed by atoms with Crippen LogP contribution in [0.5, 0.6) is 0 Å². The topological polar surface area (TPSA) is 29.9 Å². The maximum absolute atomic E-state index is 4.25. The molecule has 0 aliphatic rings. The maximum Gasteiger partial charge on any atom is 0.0534 e. The first-order valence-corrected chi connectivity index (χ1v) is 5.92. The molecular formula is C12H23N3. The van der Waals surface area contributed by atoms with Gasteiger partial charge in [0.15, 0.2) is 0 Å². The Morgan fingerprint density at radius 1 is 1.40 bits per heavy atom. The van der Waals surface area contributed by atoms with Crippen molar-refractivity contribution in [1.82, 2.24) is 15.1 Å². The summed E-state index contributed by atoms with van der Waals surface area (Å²) in [5, 5.41) is 7.79. The largest absolute Gasteiger partial charge is 0.310 e. The lowest BCUT2D eigenvalue weighted by molar-refractivity contribution is 0.389. The van der Waals surface area contributed by atoms with Crippen LogP contribution >= 0.6 is 0 Å². The molecule has 1 aromatic rings. The SMILES string of the molecule is CCC(C)C(C)NCc1cnn(CC)c1. The van der Waals surface area contributed by atoms with Crippen LogP contribution in [0, 0.1) is 5.92 Å². The second-order valence-electron chi connectivity index (χ2n) is 4.26. The van der Waals surface area contributed by atoms with Gasteiger partial charge in [0, 0.05) is 30.9 Å². The van der Waals surface area contributed by atoms with E-state index < -0.39 is 0 Å². The van der Waals surface area contributed by atoms with E-state index in [-0.39, 0.29) is 0 Å². The summed E-state index contributed by atoms with van der Waals surface area (Å²) in [4.78, 5) is 0. The van der Waals surface area contributed by atoms with Gasteiger partial charge in [0.1, 0.15) is 0 Å². The molecule has 2 unspecified atom stereocenters. The molecule has 0 bridgehead atoms. The van der Waals surface area contributed by atoms with Gasteiger partial charge < -0.3 is 5.32 Å². The molecule has 86 valence electrons. The van der Waals surface area contributed by atoms with E-state index in [9.17, 15) is 0 Å². The first kappa shape index (κ1) is 12.2. The number of rotatable bonds is 6. The van der Waals surface area contributed by atoms with Crippen molar-refractivity contribution in [2.24, 2.45) is 5.92 Å². The number of aryl methyl sites for hydroxylation is 1. The summed E-state index contributed by atoms with van der Waals surface area (Å²) in [6.45, 7) is 10.7. The molecule has 0 saturated carbocycles. The molecular weight excluding hydrogens is 186 g/mol. The molecule has 3 nitrogen and oxygen atoms in total. The van der Waals surface area contributed by atoms with Gasteiger partial charge in [-0.05, 0) is 19.8 Å². The lowest BCUT2D eigenvalue weighted by Crippen LogP contribution is -2.31. The third-order valence-electron chi connectivity index (χ3n) is 3.14. The average Bonchev–Trinajstić information content (AvgIpc) is 2.72. The van der Waals surface area contributed by atoms with Gasteiger partial charge in [-0.25, -0.2) is 0 Å². The fraction of sp³-hybridized carbons (Fsp3) is 0.750. The van der Waals surface area contributed by atoms with Gasteiger partial charge >= 0.3 is 0 Å². The molecule has 2 atom stereocenters. The quantitative estimate of drug-likeness (QED) is 0.780. The van der Waals surface area contributed by atoms with Crippen molar-refractivity contribution in [1.29, 1.82) is 0 Å². The van der Waals surface area contributed by atoms with E-state index in [0.29, 0.717) is 6.04 Å². The van der Waals surface area contributed by atoms with E-state index in [1.165, 1.54) is 12.0 Å². The second-order valence-corrected chi connectivity index (χ2v) is 4.26. The molecule has 3 heteroatoms. The van der Waals surface area contributed by atoms with Crippen LogP contribution in [0.3, 0.4) is 0 Å². The zero-order valence-electron chi connectivity index (χ0n) is 10.3. The van der Waals surface area contributed by atoms with E-state index in [4.69, 9.17) is 0 Å². The molecule has 0 radical (unpaired) electrons. The molecule has 0 aliphatic heterocycles. The molecule has 0 fully saturated rings. The van der Waals surface area contributed by atoms with Crippen LogP contribution in [0.4, 0.5) is 0 Å². The first-order chi connectivity index (χ1) is 7.17. The molecule has 0 aromatic carbocycles.